The van der Waals surface area contributed by atoms with E-state index in [1.165, 1.54) is 18.2 Å². The molecule has 214 valence electrons. The molecule has 0 bridgehead atoms. The molecular formula is C28H40N4O7. The van der Waals surface area contributed by atoms with Crippen LogP contribution in [0.1, 0.15) is 70.1 Å². The number of nitrogens with one attached hydrogen (secondary N) is 3. The van der Waals surface area contributed by atoms with Crippen LogP contribution in [0.15, 0.2) is 34.4 Å². The number of aryl methyl sites for hydroxylation is 1. The van der Waals surface area contributed by atoms with E-state index < -0.39 is 35.8 Å². The van der Waals surface area contributed by atoms with Gasteiger partial charge in [-0.1, -0.05) is 36.7 Å². The highest BCUT2D eigenvalue weighted by atomic mass is 16.5. The third-order valence-electron chi connectivity index (χ3n) is 6.23. The summed E-state index contributed by atoms with van der Waals surface area (Å²) in [6.07, 6.45) is 5.20. The molecule has 1 unspecified atom stereocenters. The Kier molecular flexibility index (Phi) is 12.1. The fourth-order valence-corrected chi connectivity index (χ4v) is 4.32. The lowest BCUT2D eigenvalue weighted by Gasteiger charge is -2.24. The van der Waals surface area contributed by atoms with E-state index in [0.29, 0.717) is 25.1 Å². The Morgan fingerprint density at radius 1 is 1.23 bits per heavy atom. The van der Waals surface area contributed by atoms with Crippen LogP contribution < -0.4 is 16.0 Å². The monoisotopic (exact) mass is 544 g/mol. The van der Waals surface area contributed by atoms with Crippen molar-refractivity contribution in [3.05, 3.63) is 41.3 Å². The summed E-state index contributed by atoms with van der Waals surface area (Å²) in [5.74, 6) is -2.86. The second-order valence-corrected chi connectivity index (χ2v) is 10.3. The van der Waals surface area contributed by atoms with Crippen molar-refractivity contribution in [2.75, 3.05) is 13.2 Å². The average Bonchev–Trinajstić information content (AvgIpc) is 3.47. The molecule has 0 saturated carbocycles. The number of Topliss-reactive ketones (excluding diaryl/α,β-unsaturated/α-hetero) is 1. The van der Waals surface area contributed by atoms with Crippen LogP contribution in [-0.2, 0) is 23.9 Å². The number of carbonyl (C=O) groups excluding carboxylic acids is 5. The third kappa shape index (κ3) is 10.1. The molecular weight excluding hydrogens is 504 g/mol. The molecule has 11 heteroatoms. The number of allylic oxidation sites excluding steroid dienone is 1. The quantitative estimate of drug-likeness (QED) is 0.183. The van der Waals surface area contributed by atoms with E-state index in [4.69, 9.17) is 9.26 Å². The molecule has 0 aliphatic carbocycles. The summed E-state index contributed by atoms with van der Waals surface area (Å²) in [4.78, 5) is 63.4. The molecule has 4 atom stereocenters. The Morgan fingerprint density at radius 3 is 2.49 bits per heavy atom. The Balaban J connectivity index is 2.19. The van der Waals surface area contributed by atoms with E-state index in [-0.39, 0.29) is 42.2 Å². The lowest BCUT2D eigenvalue weighted by atomic mass is 9.90. The van der Waals surface area contributed by atoms with Crippen LogP contribution in [-0.4, -0.2) is 59.9 Å². The summed E-state index contributed by atoms with van der Waals surface area (Å²) in [5.41, 5.74) is 0.900. The van der Waals surface area contributed by atoms with E-state index in [0.717, 1.165) is 5.57 Å². The summed E-state index contributed by atoms with van der Waals surface area (Å²) >= 11 is 0. The van der Waals surface area contributed by atoms with Crippen molar-refractivity contribution in [2.45, 2.75) is 72.9 Å². The first kappa shape index (κ1) is 31.5. The second-order valence-electron chi connectivity index (χ2n) is 10.3. The van der Waals surface area contributed by atoms with Crippen molar-refractivity contribution in [1.82, 2.24) is 21.1 Å². The number of ketones is 1. The number of amides is 3. The van der Waals surface area contributed by atoms with Gasteiger partial charge < -0.3 is 25.2 Å². The maximum absolute atomic E-state index is 13.4. The fourth-order valence-electron chi connectivity index (χ4n) is 4.32. The molecule has 1 aliphatic rings. The Morgan fingerprint density at radius 2 is 1.95 bits per heavy atom. The number of aromatic nitrogens is 1. The maximum Gasteiger partial charge on any atom is 0.330 e. The largest absolute Gasteiger partial charge is 0.463 e. The van der Waals surface area contributed by atoms with Gasteiger partial charge in [-0.2, -0.15) is 0 Å². The van der Waals surface area contributed by atoms with Crippen LogP contribution in [0.5, 0.6) is 0 Å². The van der Waals surface area contributed by atoms with Gasteiger partial charge in [0.25, 0.3) is 5.91 Å². The summed E-state index contributed by atoms with van der Waals surface area (Å²) in [6.45, 7) is 11.4. The first-order valence-electron chi connectivity index (χ1n) is 13.3. The van der Waals surface area contributed by atoms with Gasteiger partial charge in [0.2, 0.25) is 11.8 Å². The van der Waals surface area contributed by atoms with E-state index >= 15 is 0 Å². The molecule has 3 N–H and O–H groups in total. The number of ether oxygens (including phenoxy) is 1. The SMILES string of the molecule is CCOC(=O)/C=C/C(C[C@@H]1CCNC1=O)NC(=O)[C@H](C=C(C)C)CC(=O)[C@@H](NC(=O)c1cc(C)on1)C(C)C. The Bertz CT molecular complexity index is 1100. The van der Waals surface area contributed by atoms with Crippen LogP contribution >= 0.6 is 0 Å². The third-order valence-corrected chi connectivity index (χ3v) is 6.23. The van der Waals surface area contributed by atoms with Gasteiger partial charge in [-0.3, -0.25) is 19.2 Å². The molecule has 2 heterocycles. The van der Waals surface area contributed by atoms with Gasteiger partial charge in [0, 0.05) is 37.1 Å². The lowest BCUT2D eigenvalue weighted by Crippen LogP contribution is -2.46. The maximum atomic E-state index is 13.4. The molecule has 1 saturated heterocycles. The standard InChI is InChI=1S/C28H40N4O7/c1-7-38-24(34)9-8-21(14-19-10-11-29-26(19)35)30-27(36)20(12-16(2)3)15-23(33)25(17(4)5)31-28(37)22-13-18(6)39-32-22/h8-9,12-13,17,19-21,25H,7,10-11,14-15H2,1-6H3,(H,29,35)(H,30,36)(H,31,37)/b9-8+/t19-,20+,21?,25-/m0/s1. The average molecular weight is 545 g/mol. The molecule has 0 spiro atoms. The molecule has 1 aliphatic heterocycles. The van der Waals surface area contributed by atoms with Crippen molar-refractivity contribution in [3.8, 4) is 0 Å². The fraction of sp³-hybridized carbons (Fsp3) is 0.571. The number of esters is 1. The summed E-state index contributed by atoms with van der Waals surface area (Å²) in [5, 5.41) is 12.1. The van der Waals surface area contributed by atoms with Gasteiger partial charge in [0.05, 0.1) is 18.6 Å². The molecule has 1 aromatic heterocycles. The van der Waals surface area contributed by atoms with Crippen molar-refractivity contribution >= 4 is 29.5 Å². The van der Waals surface area contributed by atoms with E-state index in [9.17, 15) is 24.0 Å². The number of carbonyl (C=O) groups is 5. The highest BCUT2D eigenvalue weighted by Crippen LogP contribution is 2.19. The number of hydrogen-bond acceptors (Lipinski definition) is 8. The summed E-state index contributed by atoms with van der Waals surface area (Å²) in [6, 6.07) is -0.00227. The van der Waals surface area contributed by atoms with Crippen LogP contribution in [0, 0.1) is 24.7 Å². The summed E-state index contributed by atoms with van der Waals surface area (Å²) < 4.78 is 9.89. The van der Waals surface area contributed by atoms with Crippen molar-refractivity contribution in [1.29, 1.82) is 0 Å². The Labute approximate surface area is 229 Å². The van der Waals surface area contributed by atoms with Gasteiger partial charge in [0.15, 0.2) is 11.5 Å². The minimum atomic E-state index is -0.850. The molecule has 0 radical (unpaired) electrons. The number of hydrogen-bond donors (Lipinski definition) is 3. The van der Waals surface area contributed by atoms with E-state index in [1.54, 1.807) is 33.8 Å². The van der Waals surface area contributed by atoms with Crippen LogP contribution in [0.4, 0.5) is 0 Å². The van der Waals surface area contributed by atoms with Crippen LogP contribution in [0.2, 0.25) is 0 Å². The predicted molar refractivity (Wildman–Crippen MR) is 143 cm³/mol. The van der Waals surface area contributed by atoms with Gasteiger partial charge in [-0.15, -0.1) is 0 Å². The van der Waals surface area contributed by atoms with E-state index in [2.05, 4.69) is 21.1 Å². The van der Waals surface area contributed by atoms with Crippen molar-refractivity contribution in [3.63, 3.8) is 0 Å². The van der Waals surface area contributed by atoms with Crippen molar-refractivity contribution < 1.29 is 33.2 Å². The second kappa shape index (κ2) is 15.0. The highest BCUT2D eigenvalue weighted by molar-refractivity contribution is 5.98. The zero-order valence-corrected chi connectivity index (χ0v) is 23.5. The smallest absolute Gasteiger partial charge is 0.330 e. The normalized spacial score (nSPS) is 17.3. The van der Waals surface area contributed by atoms with Crippen LogP contribution in [0.25, 0.3) is 0 Å². The number of nitrogens with zero attached hydrogens (tertiary/aromatic N) is 1. The van der Waals surface area contributed by atoms with Gasteiger partial charge >= 0.3 is 5.97 Å². The predicted octanol–water partition coefficient (Wildman–Crippen LogP) is 2.41. The molecule has 1 aromatic rings. The van der Waals surface area contributed by atoms with Gasteiger partial charge in [-0.25, -0.2) is 4.79 Å². The lowest BCUT2D eigenvalue weighted by molar-refractivity contribution is -0.137. The first-order valence-corrected chi connectivity index (χ1v) is 13.3. The zero-order chi connectivity index (χ0) is 29.1. The van der Waals surface area contributed by atoms with Crippen LogP contribution in [0.3, 0.4) is 0 Å². The first-order chi connectivity index (χ1) is 18.4. The highest BCUT2D eigenvalue weighted by Gasteiger charge is 2.31. The van der Waals surface area contributed by atoms with E-state index in [1.807, 2.05) is 13.8 Å². The summed E-state index contributed by atoms with van der Waals surface area (Å²) in [7, 11) is 0. The molecule has 39 heavy (non-hydrogen) atoms. The molecule has 11 nitrogen and oxygen atoms in total. The minimum Gasteiger partial charge on any atom is -0.463 e. The molecule has 3 amide bonds. The van der Waals surface area contributed by atoms with Gasteiger partial charge in [-0.05, 0) is 46.5 Å². The minimum absolute atomic E-state index is 0.0664. The zero-order valence-electron chi connectivity index (χ0n) is 23.5. The molecule has 1 fully saturated rings. The van der Waals surface area contributed by atoms with Crippen molar-refractivity contribution in [2.24, 2.45) is 17.8 Å². The Hall–Kier alpha value is -3.76. The number of rotatable bonds is 14. The molecule has 2 rings (SSSR count). The van der Waals surface area contributed by atoms with Gasteiger partial charge in [0.1, 0.15) is 5.76 Å². The molecule has 0 aromatic carbocycles. The topological polar surface area (TPSA) is 157 Å².